The van der Waals surface area contributed by atoms with Crippen LogP contribution in [0, 0.1) is 10.1 Å². The van der Waals surface area contributed by atoms with Crippen molar-refractivity contribution in [2.75, 3.05) is 44.4 Å². The molecule has 8 heteroatoms. The topological polar surface area (TPSA) is 91.6 Å². The Bertz CT molecular complexity index is 519. The fourth-order valence-electron chi connectivity index (χ4n) is 1.79. The van der Waals surface area contributed by atoms with Crippen LogP contribution in [0.3, 0.4) is 0 Å². The summed E-state index contributed by atoms with van der Waals surface area (Å²) in [6.07, 6.45) is 0.753. The van der Waals surface area contributed by atoms with Crippen molar-refractivity contribution in [3.63, 3.8) is 0 Å². The molecule has 0 saturated carbocycles. The van der Waals surface area contributed by atoms with E-state index < -0.39 is 4.92 Å². The highest BCUT2D eigenvalue weighted by atomic mass is 16.6. The van der Waals surface area contributed by atoms with Crippen molar-refractivity contribution in [2.45, 2.75) is 13.3 Å². The molecule has 0 aromatic carbocycles. The van der Waals surface area contributed by atoms with E-state index in [1.54, 1.807) is 32.1 Å². The van der Waals surface area contributed by atoms with Crippen LogP contribution < -0.4 is 10.2 Å². The molecule has 0 atom stereocenters. The summed E-state index contributed by atoms with van der Waals surface area (Å²) in [7, 11) is 4.99. The molecule has 1 N–H and O–H groups in total. The SMILES string of the molecule is CCCN(CC(=O)N(C)C)c1nc(NC)ccc1[N+](=O)[O-]. The van der Waals surface area contributed by atoms with Crippen molar-refractivity contribution in [2.24, 2.45) is 0 Å². The van der Waals surface area contributed by atoms with Crippen molar-refractivity contribution in [3.8, 4) is 0 Å². The molecule has 8 nitrogen and oxygen atoms in total. The molecule has 21 heavy (non-hydrogen) atoms. The largest absolute Gasteiger partial charge is 0.373 e. The molecule has 0 aliphatic carbocycles. The fourth-order valence-corrected chi connectivity index (χ4v) is 1.79. The summed E-state index contributed by atoms with van der Waals surface area (Å²) in [5.74, 6) is 0.604. The maximum absolute atomic E-state index is 11.9. The number of pyridine rings is 1. The van der Waals surface area contributed by atoms with Crippen molar-refractivity contribution in [1.29, 1.82) is 0 Å². The lowest BCUT2D eigenvalue weighted by molar-refractivity contribution is -0.384. The summed E-state index contributed by atoms with van der Waals surface area (Å²) >= 11 is 0. The zero-order valence-electron chi connectivity index (χ0n) is 12.8. The predicted molar refractivity (Wildman–Crippen MR) is 81.6 cm³/mol. The second kappa shape index (κ2) is 7.41. The van der Waals surface area contributed by atoms with E-state index in [9.17, 15) is 14.9 Å². The average Bonchev–Trinajstić information content (AvgIpc) is 2.45. The van der Waals surface area contributed by atoms with Gasteiger partial charge in [-0.25, -0.2) is 4.98 Å². The van der Waals surface area contributed by atoms with Gasteiger partial charge in [0, 0.05) is 33.8 Å². The van der Waals surface area contributed by atoms with E-state index in [-0.39, 0.29) is 24.0 Å². The third-order valence-corrected chi connectivity index (χ3v) is 2.93. The zero-order chi connectivity index (χ0) is 16.0. The molecule has 1 amide bonds. The third kappa shape index (κ3) is 4.30. The first kappa shape index (κ1) is 16.7. The minimum Gasteiger partial charge on any atom is -0.373 e. The summed E-state index contributed by atoms with van der Waals surface area (Å²) in [5, 5.41) is 14.0. The molecule has 0 bridgehead atoms. The van der Waals surface area contributed by atoms with Crippen LogP contribution in [0.2, 0.25) is 0 Å². The summed E-state index contributed by atoms with van der Waals surface area (Å²) in [6, 6.07) is 2.94. The number of nitrogens with zero attached hydrogens (tertiary/aromatic N) is 4. The van der Waals surface area contributed by atoms with Gasteiger partial charge in [-0.15, -0.1) is 0 Å². The molecule has 0 saturated heterocycles. The Morgan fingerprint density at radius 2 is 2.10 bits per heavy atom. The Labute approximate surface area is 123 Å². The van der Waals surface area contributed by atoms with Gasteiger partial charge in [0.1, 0.15) is 5.82 Å². The Hall–Kier alpha value is -2.38. The van der Waals surface area contributed by atoms with Crippen LogP contribution in [-0.2, 0) is 4.79 Å². The number of rotatable bonds is 7. The summed E-state index contributed by atoms with van der Waals surface area (Å²) in [4.78, 5) is 29.9. The molecule has 0 aliphatic rings. The van der Waals surface area contributed by atoms with Crippen LogP contribution in [-0.4, -0.2) is 54.9 Å². The molecular weight excluding hydrogens is 274 g/mol. The Kier molecular flexibility index (Phi) is 5.89. The van der Waals surface area contributed by atoms with Crippen LogP contribution in [0.25, 0.3) is 0 Å². The van der Waals surface area contributed by atoms with Gasteiger partial charge in [-0.05, 0) is 12.5 Å². The minimum atomic E-state index is -0.482. The molecule has 0 fully saturated rings. The van der Waals surface area contributed by atoms with E-state index in [0.29, 0.717) is 12.4 Å². The lowest BCUT2D eigenvalue weighted by Gasteiger charge is -2.24. The number of aromatic nitrogens is 1. The van der Waals surface area contributed by atoms with Crippen LogP contribution in [0.15, 0.2) is 12.1 Å². The van der Waals surface area contributed by atoms with Gasteiger partial charge in [0.25, 0.3) is 0 Å². The monoisotopic (exact) mass is 295 g/mol. The Morgan fingerprint density at radius 3 is 2.57 bits per heavy atom. The second-order valence-electron chi connectivity index (χ2n) is 4.76. The zero-order valence-corrected chi connectivity index (χ0v) is 12.8. The molecule has 116 valence electrons. The lowest BCUT2D eigenvalue weighted by Crippen LogP contribution is -2.37. The summed E-state index contributed by atoms with van der Waals surface area (Å²) < 4.78 is 0. The number of anilines is 2. The van der Waals surface area contributed by atoms with E-state index in [2.05, 4.69) is 10.3 Å². The van der Waals surface area contributed by atoms with Gasteiger partial charge in [-0.2, -0.15) is 0 Å². The third-order valence-electron chi connectivity index (χ3n) is 2.93. The van der Waals surface area contributed by atoms with Crippen molar-refractivity contribution >= 4 is 23.2 Å². The number of carbonyl (C=O) groups is 1. The van der Waals surface area contributed by atoms with Crippen LogP contribution >= 0.6 is 0 Å². The van der Waals surface area contributed by atoms with Gasteiger partial charge < -0.3 is 15.1 Å². The van der Waals surface area contributed by atoms with Gasteiger partial charge in [-0.3, -0.25) is 14.9 Å². The Morgan fingerprint density at radius 1 is 1.43 bits per heavy atom. The number of likely N-dealkylation sites (N-methyl/N-ethyl adjacent to an activating group) is 1. The maximum Gasteiger partial charge on any atom is 0.311 e. The standard InChI is InChI=1S/C13H21N5O3/c1-5-8-17(9-12(19)16(3)4)13-10(18(20)21)6-7-11(14-2)15-13/h6-7H,5,8-9H2,1-4H3,(H,14,15). The van der Waals surface area contributed by atoms with Gasteiger partial charge in [0.05, 0.1) is 11.5 Å². The van der Waals surface area contributed by atoms with Crippen molar-refractivity contribution < 1.29 is 9.72 Å². The summed E-state index contributed by atoms with van der Waals surface area (Å²) in [6.45, 7) is 2.52. The van der Waals surface area contributed by atoms with E-state index in [1.807, 2.05) is 6.92 Å². The number of nitro groups is 1. The molecule has 1 aromatic heterocycles. The maximum atomic E-state index is 11.9. The number of carbonyl (C=O) groups excluding carboxylic acids is 1. The predicted octanol–water partition coefficient (Wildman–Crippen LogP) is 1.34. The van der Waals surface area contributed by atoms with Crippen molar-refractivity contribution in [3.05, 3.63) is 22.2 Å². The molecule has 1 aromatic rings. The molecule has 1 rings (SSSR count). The minimum absolute atomic E-state index is 0.0574. The number of amides is 1. The number of hydrogen-bond donors (Lipinski definition) is 1. The smallest absolute Gasteiger partial charge is 0.311 e. The highest BCUT2D eigenvalue weighted by Crippen LogP contribution is 2.27. The van der Waals surface area contributed by atoms with Crippen LogP contribution in [0.1, 0.15) is 13.3 Å². The van der Waals surface area contributed by atoms with Gasteiger partial charge in [-0.1, -0.05) is 6.92 Å². The van der Waals surface area contributed by atoms with E-state index in [1.165, 1.54) is 11.0 Å². The Balaban J connectivity index is 3.21. The van der Waals surface area contributed by atoms with Crippen LogP contribution in [0.4, 0.5) is 17.3 Å². The fraction of sp³-hybridized carbons (Fsp3) is 0.538. The highest BCUT2D eigenvalue weighted by molar-refractivity contribution is 5.81. The van der Waals surface area contributed by atoms with Gasteiger partial charge in [0.15, 0.2) is 0 Å². The highest BCUT2D eigenvalue weighted by Gasteiger charge is 2.23. The van der Waals surface area contributed by atoms with Crippen molar-refractivity contribution in [1.82, 2.24) is 9.88 Å². The van der Waals surface area contributed by atoms with E-state index >= 15 is 0 Å². The first-order valence-corrected chi connectivity index (χ1v) is 6.69. The van der Waals surface area contributed by atoms with Crippen LogP contribution in [0.5, 0.6) is 0 Å². The van der Waals surface area contributed by atoms with Gasteiger partial charge >= 0.3 is 5.69 Å². The second-order valence-corrected chi connectivity index (χ2v) is 4.76. The molecule has 0 radical (unpaired) electrons. The molecule has 1 heterocycles. The normalized spacial score (nSPS) is 10.1. The molecule has 0 aliphatic heterocycles. The van der Waals surface area contributed by atoms with E-state index in [4.69, 9.17) is 0 Å². The van der Waals surface area contributed by atoms with E-state index in [0.717, 1.165) is 6.42 Å². The number of nitrogens with one attached hydrogen (secondary N) is 1. The first-order valence-electron chi connectivity index (χ1n) is 6.69. The lowest BCUT2D eigenvalue weighted by atomic mass is 10.3. The molecule has 0 unspecified atom stereocenters. The molecular formula is C13H21N5O3. The summed E-state index contributed by atoms with van der Waals surface area (Å²) in [5.41, 5.74) is -0.103. The molecule has 0 spiro atoms. The quantitative estimate of drug-likeness (QED) is 0.603. The number of hydrogen-bond acceptors (Lipinski definition) is 6. The first-order chi connectivity index (χ1) is 9.90. The van der Waals surface area contributed by atoms with Gasteiger partial charge in [0.2, 0.25) is 11.7 Å². The average molecular weight is 295 g/mol.